The number of rotatable bonds is 5. The average molecular weight is 269 g/mol. The Morgan fingerprint density at radius 1 is 1.28 bits per heavy atom. The van der Waals surface area contributed by atoms with E-state index in [1.165, 1.54) is 12.1 Å². The van der Waals surface area contributed by atoms with Crippen LogP contribution in [0.4, 0.5) is 5.69 Å². The van der Waals surface area contributed by atoms with E-state index in [1.54, 1.807) is 23.9 Å². The molecule has 0 amide bonds. The molecule has 1 saturated heterocycles. The minimum absolute atomic E-state index is 0.0932. The zero-order valence-corrected chi connectivity index (χ0v) is 10.7. The number of hydrogen-bond acceptors (Lipinski definition) is 5. The number of nitro groups is 1. The summed E-state index contributed by atoms with van der Waals surface area (Å²) in [6.45, 7) is 1.54. The van der Waals surface area contributed by atoms with Crippen molar-refractivity contribution in [2.45, 2.75) is 24.0 Å². The van der Waals surface area contributed by atoms with Crippen LogP contribution in [-0.2, 0) is 9.47 Å². The molecule has 0 aromatic heterocycles. The van der Waals surface area contributed by atoms with Gasteiger partial charge < -0.3 is 9.47 Å². The number of thioether (sulfide) groups is 1. The Hall–Kier alpha value is -1.11. The fraction of sp³-hybridized carbons (Fsp3) is 0.500. The summed E-state index contributed by atoms with van der Waals surface area (Å²) in [5, 5.41) is 10.5. The Labute approximate surface area is 110 Å². The van der Waals surface area contributed by atoms with E-state index in [0.29, 0.717) is 0 Å². The van der Waals surface area contributed by atoms with Crippen LogP contribution in [0, 0.1) is 10.1 Å². The summed E-state index contributed by atoms with van der Waals surface area (Å²) in [5.41, 5.74) is 0.123. The minimum atomic E-state index is -0.391. The van der Waals surface area contributed by atoms with Crippen LogP contribution in [0.5, 0.6) is 0 Å². The minimum Gasteiger partial charge on any atom is -0.353 e. The van der Waals surface area contributed by atoms with Gasteiger partial charge in [0.15, 0.2) is 6.29 Å². The molecule has 0 saturated carbocycles. The first-order chi connectivity index (χ1) is 8.75. The standard InChI is InChI=1S/C12H15NO4S/c14-13(15)10-2-4-11(5-3-10)18-9-6-12-16-7-1-8-17-12/h2-5,12H,1,6-9H2. The van der Waals surface area contributed by atoms with Gasteiger partial charge in [0.1, 0.15) is 0 Å². The van der Waals surface area contributed by atoms with E-state index in [1.807, 2.05) is 0 Å². The molecule has 6 heteroatoms. The van der Waals surface area contributed by atoms with Crippen molar-refractivity contribution in [3.05, 3.63) is 34.4 Å². The van der Waals surface area contributed by atoms with Crippen LogP contribution < -0.4 is 0 Å². The molecule has 0 radical (unpaired) electrons. The Morgan fingerprint density at radius 3 is 2.56 bits per heavy atom. The molecular formula is C12H15NO4S. The molecule has 0 unspecified atom stereocenters. The molecule has 1 aromatic rings. The lowest BCUT2D eigenvalue weighted by molar-refractivity contribution is -0.384. The van der Waals surface area contributed by atoms with Gasteiger partial charge in [0.25, 0.3) is 5.69 Å². The zero-order valence-electron chi connectivity index (χ0n) is 9.91. The van der Waals surface area contributed by atoms with Gasteiger partial charge in [0.05, 0.1) is 18.1 Å². The quantitative estimate of drug-likeness (QED) is 0.467. The van der Waals surface area contributed by atoms with Gasteiger partial charge in [-0.25, -0.2) is 0 Å². The molecule has 18 heavy (non-hydrogen) atoms. The van der Waals surface area contributed by atoms with Crippen molar-refractivity contribution in [2.75, 3.05) is 19.0 Å². The second-order valence-electron chi connectivity index (χ2n) is 3.91. The van der Waals surface area contributed by atoms with Crippen molar-refractivity contribution in [1.82, 2.24) is 0 Å². The molecule has 0 spiro atoms. The van der Waals surface area contributed by atoms with Crippen LogP contribution in [0.15, 0.2) is 29.2 Å². The molecule has 1 aliphatic rings. The predicted molar refractivity (Wildman–Crippen MR) is 68.7 cm³/mol. The molecule has 0 bridgehead atoms. The Kier molecular flexibility index (Phi) is 4.98. The third kappa shape index (κ3) is 3.97. The highest BCUT2D eigenvalue weighted by atomic mass is 32.2. The second-order valence-corrected chi connectivity index (χ2v) is 5.08. The van der Waals surface area contributed by atoms with Crippen molar-refractivity contribution in [1.29, 1.82) is 0 Å². The van der Waals surface area contributed by atoms with Crippen LogP contribution in [0.2, 0.25) is 0 Å². The van der Waals surface area contributed by atoms with Crippen molar-refractivity contribution in [3.63, 3.8) is 0 Å². The number of ether oxygens (including phenoxy) is 2. The number of nitro benzene ring substituents is 1. The fourth-order valence-corrected chi connectivity index (χ4v) is 2.51. The number of benzene rings is 1. The van der Waals surface area contributed by atoms with Gasteiger partial charge in [-0.15, -0.1) is 11.8 Å². The molecule has 0 atom stereocenters. The maximum absolute atomic E-state index is 10.5. The van der Waals surface area contributed by atoms with Gasteiger partial charge in [-0.2, -0.15) is 0 Å². The van der Waals surface area contributed by atoms with Gasteiger partial charge in [-0.3, -0.25) is 10.1 Å². The van der Waals surface area contributed by atoms with E-state index in [0.717, 1.165) is 36.7 Å². The molecule has 5 nitrogen and oxygen atoms in total. The summed E-state index contributed by atoms with van der Waals surface area (Å²) in [5.74, 6) is 0.877. The Balaban J connectivity index is 1.74. The first-order valence-electron chi connectivity index (χ1n) is 5.86. The van der Waals surface area contributed by atoms with E-state index in [9.17, 15) is 10.1 Å². The topological polar surface area (TPSA) is 61.6 Å². The van der Waals surface area contributed by atoms with Gasteiger partial charge in [0.2, 0.25) is 0 Å². The van der Waals surface area contributed by atoms with Crippen LogP contribution in [0.25, 0.3) is 0 Å². The van der Waals surface area contributed by atoms with E-state index in [2.05, 4.69) is 0 Å². The summed E-state index contributed by atoms with van der Waals surface area (Å²) in [7, 11) is 0. The summed E-state index contributed by atoms with van der Waals surface area (Å²) < 4.78 is 10.9. The van der Waals surface area contributed by atoms with Crippen molar-refractivity contribution < 1.29 is 14.4 Å². The first kappa shape index (κ1) is 13.3. The predicted octanol–water partition coefficient (Wildman–Crippen LogP) is 2.84. The van der Waals surface area contributed by atoms with Gasteiger partial charge in [-0.05, 0) is 18.6 Å². The highest BCUT2D eigenvalue weighted by molar-refractivity contribution is 7.99. The molecule has 2 rings (SSSR count). The van der Waals surface area contributed by atoms with E-state index < -0.39 is 4.92 Å². The third-order valence-corrected chi connectivity index (χ3v) is 3.61. The maximum atomic E-state index is 10.5. The normalized spacial score (nSPS) is 16.7. The maximum Gasteiger partial charge on any atom is 0.269 e. The zero-order chi connectivity index (χ0) is 12.8. The Bertz CT molecular complexity index is 390. The number of hydrogen-bond donors (Lipinski definition) is 0. The third-order valence-electron chi connectivity index (χ3n) is 2.57. The molecule has 1 fully saturated rings. The van der Waals surface area contributed by atoms with E-state index in [-0.39, 0.29) is 12.0 Å². The SMILES string of the molecule is O=[N+]([O-])c1ccc(SCCC2OCCCO2)cc1. The fourth-order valence-electron chi connectivity index (χ4n) is 1.64. The molecule has 1 heterocycles. The lowest BCUT2D eigenvalue weighted by Gasteiger charge is -2.22. The van der Waals surface area contributed by atoms with Crippen LogP contribution in [-0.4, -0.2) is 30.2 Å². The first-order valence-corrected chi connectivity index (χ1v) is 6.85. The lowest BCUT2D eigenvalue weighted by Crippen LogP contribution is -2.25. The smallest absolute Gasteiger partial charge is 0.269 e. The van der Waals surface area contributed by atoms with E-state index in [4.69, 9.17) is 9.47 Å². The summed E-state index contributed by atoms with van der Waals surface area (Å²) in [4.78, 5) is 11.1. The van der Waals surface area contributed by atoms with Crippen molar-refractivity contribution in [3.8, 4) is 0 Å². The van der Waals surface area contributed by atoms with Crippen LogP contribution in [0.1, 0.15) is 12.8 Å². The highest BCUT2D eigenvalue weighted by Crippen LogP contribution is 2.23. The molecular weight excluding hydrogens is 254 g/mol. The molecule has 0 N–H and O–H groups in total. The molecule has 0 aliphatic carbocycles. The van der Waals surface area contributed by atoms with E-state index >= 15 is 0 Å². The molecule has 1 aromatic carbocycles. The van der Waals surface area contributed by atoms with Crippen molar-refractivity contribution in [2.24, 2.45) is 0 Å². The van der Waals surface area contributed by atoms with Crippen LogP contribution in [0.3, 0.4) is 0 Å². The summed E-state index contributed by atoms with van der Waals surface area (Å²) >= 11 is 1.65. The summed E-state index contributed by atoms with van der Waals surface area (Å²) in [6.07, 6.45) is 1.71. The molecule has 1 aliphatic heterocycles. The second kappa shape index (κ2) is 6.72. The average Bonchev–Trinajstić information content (AvgIpc) is 2.40. The monoisotopic (exact) mass is 269 g/mol. The Morgan fingerprint density at radius 2 is 1.94 bits per heavy atom. The van der Waals surface area contributed by atoms with Gasteiger partial charge >= 0.3 is 0 Å². The number of nitrogens with zero attached hydrogens (tertiary/aromatic N) is 1. The van der Waals surface area contributed by atoms with Crippen LogP contribution >= 0.6 is 11.8 Å². The largest absolute Gasteiger partial charge is 0.353 e. The van der Waals surface area contributed by atoms with Gasteiger partial charge in [-0.1, -0.05) is 0 Å². The molecule has 98 valence electrons. The number of non-ortho nitro benzene ring substituents is 1. The highest BCUT2D eigenvalue weighted by Gasteiger charge is 2.13. The lowest BCUT2D eigenvalue weighted by atomic mass is 10.3. The summed E-state index contributed by atoms with van der Waals surface area (Å²) in [6, 6.07) is 6.59. The van der Waals surface area contributed by atoms with Crippen molar-refractivity contribution >= 4 is 17.4 Å². The van der Waals surface area contributed by atoms with Gasteiger partial charge in [0, 0.05) is 29.2 Å².